The largest absolute Gasteiger partial charge is 0.490 e. The van der Waals surface area contributed by atoms with Crippen molar-refractivity contribution in [2.75, 3.05) is 5.73 Å². The number of nitrogen functional groups attached to an aromatic ring is 1. The van der Waals surface area contributed by atoms with Crippen molar-refractivity contribution in [1.29, 1.82) is 0 Å². The third-order valence-corrected chi connectivity index (χ3v) is 5.31. The number of pyridine rings is 1. The average Bonchev–Trinajstić information content (AvgIpc) is 2.62. The number of nitrogens with one attached hydrogen (secondary N) is 1. The molecule has 1 fully saturated rings. The number of ether oxygens (including phenoxy) is 1. The molecule has 1 aliphatic carbocycles. The Kier molecular flexibility index (Phi) is 5.85. The van der Waals surface area contributed by atoms with Gasteiger partial charge in [0.15, 0.2) is 0 Å². The van der Waals surface area contributed by atoms with Crippen molar-refractivity contribution in [1.82, 2.24) is 10.3 Å². The molecule has 0 saturated heterocycles. The van der Waals surface area contributed by atoms with E-state index in [1.165, 1.54) is 0 Å². The second kappa shape index (κ2) is 8.13. The summed E-state index contributed by atoms with van der Waals surface area (Å²) in [4.78, 5) is 16.2. The van der Waals surface area contributed by atoms with Crippen LogP contribution in [0.2, 0.25) is 0 Å². The van der Waals surface area contributed by atoms with Crippen molar-refractivity contribution < 1.29 is 14.6 Å². The number of hydrogen-bond acceptors (Lipinski definition) is 5. The highest BCUT2D eigenvalue weighted by atomic mass is 16.5. The summed E-state index contributed by atoms with van der Waals surface area (Å²) in [7, 11) is 0. The van der Waals surface area contributed by atoms with Crippen LogP contribution in [0.4, 0.5) is 5.69 Å². The van der Waals surface area contributed by atoms with E-state index < -0.39 is 6.10 Å². The Morgan fingerprint density at radius 2 is 2.07 bits per heavy atom. The van der Waals surface area contributed by atoms with Crippen molar-refractivity contribution in [3.05, 3.63) is 29.5 Å². The Labute approximate surface area is 160 Å². The van der Waals surface area contributed by atoms with E-state index in [1.807, 2.05) is 32.0 Å². The van der Waals surface area contributed by atoms with Gasteiger partial charge in [-0.05, 0) is 51.7 Å². The van der Waals surface area contributed by atoms with Gasteiger partial charge in [0, 0.05) is 23.7 Å². The molecule has 1 heterocycles. The zero-order chi connectivity index (χ0) is 19.6. The van der Waals surface area contributed by atoms with Gasteiger partial charge in [-0.3, -0.25) is 9.78 Å². The maximum Gasteiger partial charge on any atom is 0.219 e. The molecule has 6 nitrogen and oxygen atoms in total. The second-order valence-corrected chi connectivity index (χ2v) is 7.36. The lowest BCUT2D eigenvalue weighted by Crippen LogP contribution is -2.39. The zero-order valence-electron chi connectivity index (χ0n) is 16.3. The molecule has 4 N–H and O–H groups in total. The highest BCUT2D eigenvalue weighted by Gasteiger charge is 2.25. The van der Waals surface area contributed by atoms with Crippen LogP contribution < -0.4 is 15.8 Å². The normalized spacial score (nSPS) is 21.0. The summed E-state index contributed by atoms with van der Waals surface area (Å²) in [5, 5.41) is 13.9. The fraction of sp³-hybridized carbons (Fsp3) is 0.524. The summed E-state index contributed by atoms with van der Waals surface area (Å²) in [6, 6.07) is 5.97. The number of hydrogen-bond donors (Lipinski definition) is 3. The first-order valence-corrected chi connectivity index (χ1v) is 9.73. The van der Waals surface area contributed by atoms with Gasteiger partial charge < -0.3 is 20.9 Å². The van der Waals surface area contributed by atoms with Gasteiger partial charge in [0.2, 0.25) is 5.91 Å². The molecule has 1 saturated carbocycles. The summed E-state index contributed by atoms with van der Waals surface area (Å²) in [5.41, 5.74) is 9.09. The maximum atomic E-state index is 11.6. The lowest BCUT2D eigenvalue weighted by molar-refractivity contribution is -0.121. The predicted octanol–water partition coefficient (Wildman–Crippen LogP) is 3.39. The molecule has 1 amide bonds. The van der Waals surface area contributed by atoms with Crippen molar-refractivity contribution in [2.45, 2.75) is 71.1 Å². The van der Waals surface area contributed by atoms with Gasteiger partial charge in [0.05, 0.1) is 28.8 Å². The number of amides is 1. The van der Waals surface area contributed by atoms with Gasteiger partial charge in [0.25, 0.3) is 0 Å². The van der Waals surface area contributed by atoms with Crippen LogP contribution in [0.3, 0.4) is 0 Å². The van der Waals surface area contributed by atoms with Crippen LogP contribution in [-0.4, -0.2) is 28.1 Å². The molecule has 27 heavy (non-hydrogen) atoms. The van der Waals surface area contributed by atoms with Gasteiger partial charge in [-0.1, -0.05) is 13.0 Å². The topological polar surface area (TPSA) is 97.5 Å². The van der Waals surface area contributed by atoms with Crippen LogP contribution in [-0.2, 0) is 4.79 Å². The quantitative estimate of drug-likeness (QED) is 0.748. The van der Waals surface area contributed by atoms with Gasteiger partial charge in [0.1, 0.15) is 5.75 Å². The Hall–Kier alpha value is -2.34. The zero-order valence-corrected chi connectivity index (χ0v) is 16.3. The van der Waals surface area contributed by atoms with E-state index in [9.17, 15) is 9.90 Å². The van der Waals surface area contributed by atoms with Gasteiger partial charge >= 0.3 is 0 Å². The molecular weight excluding hydrogens is 342 g/mol. The predicted molar refractivity (Wildman–Crippen MR) is 107 cm³/mol. The van der Waals surface area contributed by atoms with E-state index in [0.717, 1.165) is 42.3 Å². The van der Waals surface area contributed by atoms with Crippen molar-refractivity contribution in [2.24, 2.45) is 0 Å². The molecule has 1 atom stereocenters. The van der Waals surface area contributed by atoms with Crippen LogP contribution in [0.25, 0.3) is 10.9 Å². The third kappa shape index (κ3) is 4.16. The maximum absolute atomic E-state index is 11.6. The number of nitrogens with two attached hydrogens (primary N) is 1. The first-order valence-electron chi connectivity index (χ1n) is 9.73. The third-order valence-electron chi connectivity index (χ3n) is 5.31. The first kappa shape index (κ1) is 19.4. The number of fused-ring (bicyclic) bond motifs is 1. The highest BCUT2D eigenvalue weighted by Crippen LogP contribution is 2.37. The highest BCUT2D eigenvalue weighted by molar-refractivity contribution is 5.97. The van der Waals surface area contributed by atoms with E-state index >= 15 is 0 Å². The Balaban J connectivity index is 1.80. The molecule has 3 rings (SSSR count). The number of anilines is 1. The number of benzene rings is 1. The van der Waals surface area contributed by atoms with Crippen LogP contribution in [0.5, 0.6) is 5.75 Å². The van der Waals surface area contributed by atoms with Crippen molar-refractivity contribution in [3.8, 4) is 5.75 Å². The van der Waals surface area contributed by atoms with E-state index in [2.05, 4.69) is 10.3 Å². The number of aliphatic hydroxyl groups is 1. The van der Waals surface area contributed by atoms with Crippen molar-refractivity contribution >= 4 is 22.5 Å². The van der Waals surface area contributed by atoms with Crippen molar-refractivity contribution in [3.63, 3.8) is 0 Å². The smallest absolute Gasteiger partial charge is 0.219 e. The first-order chi connectivity index (χ1) is 12.9. The van der Waals surface area contributed by atoms with Gasteiger partial charge in [-0.15, -0.1) is 0 Å². The Bertz CT molecular complexity index is 827. The summed E-state index contributed by atoms with van der Waals surface area (Å²) in [6.07, 6.45) is 3.50. The van der Waals surface area contributed by atoms with Gasteiger partial charge in [-0.25, -0.2) is 0 Å². The molecule has 0 bridgehead atoms. The summed E-state index contributed by atoms with van der Waals surface area (Å²) in [5.74, 6) is 0.814. The number of carbonyl (C=O) groups excluding carboxylic acids is 1. The Morgan fingerprint density at radius 1 is 1.37 bits per heavy atom. The Morgan fingerprint density at radius 3 is 2.70 bits per heavy atom. The molecule has 1 aromatic heterocycles. The molecule has 6 heteroatoms. The van der Waals surface area contributed by atoms with Gasteiger partial charge in [-0.2, -0.15) is 0 Å². The number of aliphatic hydroxyl groups excluding tert-OH is 1. The summed E-state index contributed by atoms with van der Waals surface area (Å²) >= 11 is 0. The molecule has 146 valence electrons. The number of aryl methyl sites for hydroxylation is 1. The van der Waals surface area contributed by atoms with Crippen LogP contribution in [0.15, 0.2) is 18.2 Å². The molecule has 1 unspecified atom stereocenters. The summed E-state index contributed by atoms with van der Waals surface area (Å²) < 4.78 is 6.29. The van der Waals surface area contributed by atoms with E-state index in [-0.39, 0.29) is 18.1 Å². The molecular formula is C21H29N3O3. The average molecular weight is 371 g/mol. The monoisotopic (exact) mass is 371 g/mol. The molecule has 2 aromatic rings. The lowest BCUT2D eigenvalue weighted by atomic mass is 9.92. The minimum Gasteiger partial charge on any atom is -0.490 e. The summed E-state index contributed by atoms with van der Waals surface area (Å²) in [6.45, 7) is 5.42. The molecule has 0 radical (unpaired) electrons. The van der Waals surface area contributed by atoms with Crippen LogP contribution in [0, 0.1) is 6.92 Å². The van der Waals surface area contributed by atoms with Crippen LogP contribution in [0.1, 0.15) is 63.3 Å². The second-order valence-electron chi connectivity index (χ2n) is 7.36. The fourth-order valence-electron chi connectivity index (χ4n) is 3.91. The van der Waals surface area contributed by atoms with E-state index in [4.69, 9.17) is 10.5 Å². The minimum atomic E-state index is -0.687. The van der Waals surface area contributed by atoms with Crippen LogP contribution >= 0.6 is 0 Å². The SMILES string of the molecule is CCC(=O)NC1CCC(Oc2cccc3nc(C)c(C(C)O)c(N)c23)CC1. The number of nitrogens with zero attached hydrogens (tertiary/aromatic N) is 1. The lowest BCUT2D eigenvalue weighted by Gasteiger charge is -2.30. The molecule has 1 aliphatic rings. The number of rotatable bonds is 5. The molecule has 0 aliphatic heterocycles. The standard InChI is InChI=1S/C21H29N3O3/c1-4-18(26)24-14-8-10-15(11-9-14)27-17-7-5-6-16-20(17)21(22)19(13(3)25)12(2)23-16/h5-7,13-15,25H,4,8-11H2,1-3H3,(H2,22,23)(H,24,26). The number of aromatic nitrogens is 1. The van der Waals surface area contributed by atoms with E-state index in [1.54, 1.807) is 6.92 Å². The fourth-order valence-corrected chi connectivity index (χ4v) is 3.91. The van der Waals surface area contributed by atoms with E-state index in [0.29, 0.717) is 23.4 Å². The number of carbonyl (C=O) groups is 1. The minimum absolute atomic E-state index is 0.0843. The molecule has 0 spiro atoms. The molecule has 1 aromatic carbocycles.